The van der Waals surface area contributed by atoms with Crippen LogP contribution in [0.2, 0.25) is 5.02 Å². The summed E-state index contributed by atoms with van der Waals surface area (Å²) >= 11 is 6.00. The number of benzene rings is 2. The Morgan fingerprint density at radius 3 is 2.08 bits per heavy atom. The van der Waals surface area contributed by atoms with Crippen LogP contribution in [0.1, 0.15) is 42.9 Å². The molecule has 0 spiro atoms. The molecule has 1 N–H and O–H groups in total. The lowest BCUT2D eigenvalue weighted by molar-refractivity contribution is 0.492. The molecule has 1 aliphatic rings. The summed E-state index contributed by atoms with van der Waals surface area (Å²) < 4.78 is 27.4. The minimum absolute atomic E-state index is 0.160. The molecule has 0 aromatic heterocycles. The molecule has 138 valence electrons. The molecule has 26 heavy (non-hydrogen) atoms. The molecular formula is C19H21ClN2O3S. The molecule has 1 unspecified atom stereocenters. The molecule has 3 rings (SSSR count). The standard InChI is InChI=1S/C19H21ClN2O3S/c1-26(23,24)25-18-12-8-15(9-13-18)19(14-6-10-16(20)11-7-14)22-21-17-4-2-3-5-17/h6-13,19,22H,2-5H2,1H3. The molecule has 7 heteroatoms. The smallest absolute Gasteiger partial charge is 0.306 e. The van der Waals surface area contributed by atoms with E-state index in [0.29, 0.717) is 5.02 Å². The fourth-order valence-electron chi connectivity index (χ4n) is 2.94. The second kappa shape index (κ2) is 8.10. The quantitative estimate of drug-likeness (QED) is 0.588. The van der Waals surface area contributed by atoms with Gasteiger partial charge in [0.05, 0.1) is 12.3 Å². The molecule has 0 amide bonds. The molecule has 2 aromatic rings. The van der Waals surface area contributed by atoms with Crippen molar-refractivity contribution < 1.29 is 12.6 Å². The van der Waals surface area contributed by atoms with Gasteiger partial charge in [0.25, 0.3) is 0 Å². The Hall–Kier alpha value is -2.05. The average Bonchev–Trinajstić information content (AvgIpc) is 3.10. The lowest BCUT2D eigenvalue weighted by atomic mass is 9.99. The molecule has 1 saturated carbocycles. The molecule has 0 heterocycles. The van der Waals surface area contributed by atoms with Crippen molar-refractivity contribution in [3.8, 4) is 5.75 Å². The molecule has 0 aliphatic heterocycles. The lowest BCUT2D eigenvalue weighted by Gasteiger charge is -2.19. The van der Waals surface area contributed by atoms with Gasteiger partial charge in [0.2, 0.25) is 0 Å². The molecule has 0 radical (unpaired) electrons. The van der Waals surface area contributed by atoms with E-state index >= 15 is 0 Å². The van der Waals surface area contributed by atoms with Crippen molar-refractivity contribution in [2.24, 2.45) is 5.10 Å². The summed E-state index contributed by atoms with van der Waals surface area (Å²) in [5.41, 5.74) is 6.42. The first-order valence-electron chi connectivity index (χ1n) is 8.46. The van der Waals surface area contributed by atoms with Crippen LogP contribution in [0.5, 0.6) is 5.75 Å². The zero-order valence-corrected chi connectivity index (χ0v) is 16.1. The van der Waals surface area contributed by atoms with E-state index in [1.807, 2.05) is 36.4 Å². The van der Waals surface area contributed by atoms with E-state index in [1.54, 1.807) is 12.1 Å². The third-order valence-electron chi connectivity index (χ3n) is 4.20. The van der Waals surface area contributed by atoms with Crippen molar-refractivity contribution in [1.82, 2.24) is 5.43 Å². The van der Waals surface area contributed by atoms with Crippen molar-refractivity contribution in [2.75, 3.05) is 6.26 Å². The summed E-state index contributed by atoms with van der Waals surface area (Å²) in [4.78, 5) is 0. The van der Waals surface area contributed by atoms with E-state index in [-0.39, 0.29) is 11.8 Å². The Morgan fingerprint density at radius 1 is 1.00 bits per heavy atom. The molecule has 5 nitrogen and oxygen atoms in total. The van der Waals surface area contributed by atoms with Gasteiger partial charge in [0, 0.05) is 10.7 Å². The number of nitrogens with zero attached hydrogens (tertiary/aromatic N) is 1. The maximum Gasteiger partial charge on any atom is 0.306 e. The van der Waals surface area contributed by atoms with Crippen molar-refractivity contribution in [1.29, 1.82) is 0 Å². The van der Waals surface area contributed by atoms with Crippen LogP contribution in [0, 0.1) is 0 Å². The minimum Gasteiger partial charge on any atom is -0.383 e. The Balaban J connectivity index is 1.86. The van der Waals surface area contributed by atoms with Crippen LogP contribution < -0.4 is 9.61 Å². The number of hydrogen-bond donors (Lipinski definition) is 1. The van der Waals surface area contributed by atoms with Crippen LogP contribution in [0.25, 0.3) is 0 Å². The van der Waals surface area contributed by atoms with Crippen LogP contribution in [0.15, 0.2) is 53.6 Å². The third-order valence-corrected chi connectivity index (χ3v) is 4.94. The maximum atomic E-state index is 11.3. The first kappa shape index (κ1) is 18.7. The number of hydrogen-bond acceptors (Lipinski definition) is 5. The largest absolute Gasteiger partial charge is 0.383 e. The minimum atomic E-state index is -3.54. The summed E-state index contributed by atoms with van der Waals surface area (Å²) in [5.74, 6) is 0.285. The SMILES string of the molecule is CS(=O)(=O)Oc1ccc(C(NN=C2CCCC2)c2ccc(Cl)cc2)cc1. The third kappa shape index (κ3) is 5.22. The molecule has 2 aromatic carbocycles. The first-order chi connectivity index (χ1) is 12.4. The van der Waals surface area contributed by atoms with Gasteiger partial charge in [-0.25, -0.2) is 0 Å². The van der Waals surface area contributed by atoms with Gasteiger partial charge in [-0.2, -0.15) is 13.5 Å². The van der Waals surface area contributed by atoms with Gasteiger partial charge < -0.3 is 4.18 Å². The highest BCUT2D eigenvalue weighted by molar-refractivity contribution is 7.86. The molecule has 1 aliphatic carbocycles. The Morgan fingerprint density at radius 2 is 1.54 bits per heavy atom. The van der Waals surface area contributed by atoms with Crippen LogP contribution in [-0.2, 0) is 10.1 Å². The second-order valence-electron chi connectivity index (χ2n) is 6.36. The normalized spacial score (nSPS) is 15.5. The lowest BCUT2D eigenvalue weighted by Crippen LogP contribution is -2.18. The average molecular weight is 393 g/mol. The Kier molecular flexibility index (Phi) is 5.84. The van der Waals surface area contributed by atoms with Crippen molar-refractivity contribution in [3.05, 3.63) is 64.7 Å². The zero-order valence-electron chi connectivity index (χ0n) is 14.5. The van der Waals surface area contributed by atoms with Crippen LogP contribution in [-0.4, -0.2) is 20.4 Å². The van der Waals surface area contributed by atoms with Gasteiger partial charge in [-0.05, 0) is 61.1 Å². The number of rotatable bonds is 6. The van der Waals surface area contributed by atoms with Gasteiger partial charge in [-0.15, -0.1) is 0 Å². The fraction of sp³-hybridized carbons (Fsp3) is 0.316. The van der Waals surface area contributed by atoms with Gasteiger partial charge in [-0.1, -0.05) is 35.9 Å². The topological polar surface area (TPSA) is 67.8 Å². The summed E-state index contributed by atoms with van der Waals surface area (Å²) in [7, 11) is -3.54. The van der Waals surface area contributed by atoms with Crippen LogP contribution in [0.3, 0.4) is 0 Å². The highest BCUT2D eigenvalue weighted by Gasteiger charge is 2.16. The molecular weight excluding hydrogens is 372 g/mol. The van der Waals surface area contributed by atoms with Gasteiger partial charge in [0.15, 0.2) is 0 Å². The maximum absolute atomic E-state index is 11.3. The summed E-state index contributed by atoms with van der Waals surface area (Å²) in [5, 5.41) is 5.26. The van der Waals surface area contributed by atoms with E-state index in [0.717, 1.165) is 30.2 Å². The highest BCUT2D eigenvalue weighted by Crippen LogP contribution is 2.26. The van der Waals surface area contributed by atoms with Crippen LogP contribution in [0.4, 0.5) is 0 Å². The monoisotopic (exact) mass is 392 g/mol. The van der Waals surface area contributed by atoms with E-state index in [4.69, 9.17) is 15.8 Å². The zero-order chi connectivity index (χ0) is 18.6. The first-order valence-corrected chi connectivity index (χ1v) is 10.7. The summed E-state index contributed by atoms with van der Waals surface area (Å²) in [6.45, 7) is 0. The predicted octanol–water partition coefficient (Wildman–Crippen LogP) is 4.29. The Labute approximate surface area is 159 Å². The predicted molar refractivity (Wildman–Crippen MR) is 104 cm³/mol. The summed E-state index contributed by atoms with van der Waals surface area (Å²) in [6.07, 6.45) is 5.45. The van der Waals surface area contributed by atoms with E-state index < -0.39 is 10.1 Å². The molecule has 1 atom stereocenters. The van der Waals surface area contributed by atoms with Crippen molar-refractivity contribution >= 4 is 27.4 Å². The number of hydrazone groups is 1. The van der Waals surface area contributed by atoms with Crippen LogP contribution >= 0.6 is 11.6 Å². The van der Waals surface area contributed by atoms with E-state index in [2.05, 4.69) is 10.5 Å². The number of nitrogens with one attached hydrogen (secondary N) is 1. The van der Waals surface area contributed by atoms with E-state index in [1.165, 1.54) is 18.6 Å². The molecule has 0 saturated heterocycles. The van der Waals surface area contributed by atoms with Crippen molar-refractivity contribution in [2.45, 2.75) is 31.7 Å². The van der Waals surface area contributed by atoms with Crippen molar-refractivity contribution in [3.63, 3.8) is 0 Å². The molecule has 0 bridgehead atoms. The molecule has 1 fully saturated rings. The van der Waals surface area contributed by atoms with E-state index in [9.17, 15) is 8.42 Å². The van der Waals surface area contributed by atoms with Gasteiger partial charge >= 0.3 is 10.1 Å². The summed E-state index contributed by atoms with van der Waals surface area (Å²) in [6, 6.07) is 14.4. The van der Waals surface area contributed by atoms with Gasteiger partial charge in [0.1, 0.15) is 5.75 Å². The fourth-order valence-corrected chi connectivity index (χ4v) is 3.52. The Bertz CT molecular complexity index is 870. The second-order valence-corrected chi connectivity index (χ2v) is 8.37. The highest BCUT2D eigenvalue weighted by atomic mass is 35.5. The number of halogens is 1. The van der Waals surface area contributed by atoms with Gasteiger partial charge in [-0.3, -0.25) is 5.43 Å².